The molecule has 0 saturated carbocycles. The molecule has 6 heteroatoms. The van der Waals surface area contributed by atoms with Crippen LogP contribution in [0.3, 0.4) is 0 Å². The molecular weight excluding hydrogens is 260 g/mol. The average molecular weight is 271 g/mol. The first-order valence-electron chi connectivity index (χ1n) is 4.89. The Morgan fingerprint density at radius 3 is 2.65 bits per heavy atom. The number of aryl methyl sites for hydroxylation is 1. The van der Waals surface area contributed by atoms with Gasteiger partial charge in [-0.3, -0.25) is 4.57 Å². The summed E-state index contributed by atoms with van der Waals surface area (Å²) in [7, 11) is -3.35. The third kappa shape index (κ3) is 2.35. The molecule has 0 spiro atoms. The highest BCUT2D eigenvalue weighted by Gasteiger charge is 2.15. The maximum atomic E-state index is 11.5. The molecule has 4 nitrogen and oxygen atoms in total. The van der Waals surface area contributed by atoms with Gasteiger partial charge in [-0.25, -0.2) is 13.4 Å². The van der Waals surface area contributed by atoms with Gasteiger partial charge in [0.2, 0.25) is 15.0 Å². The summed E-state index contributed by atoms with van der Waals surface area (Å²) in [5, 5.41) is 0.605. The van der Waals surface area contributed by atoms with E-state index in [0.29, 0.717) is 10.7 Å². The van der Waals surface area contributed by atoms with E-state index in [4.69, 9.17) is 11.6 Å². The maximum Gasteiger partial charge on any atom is 0.231 e. The van der Waals surface area contributed by atoms with Gasteiger partial charge in [-0.05, 0) is 24.6 Å². The maximum absolute atomic E-state index is 11.5. The highest BCUT2D eigenvalue weighted by molar-refractivity contribution is 7.90. The molecule has 0 aliphatic heterocycles. The predicted octanol–water partition coefficient (Wildman–Crippen LogP) is 2.24. The molecule has 0 aliphatic carbocycles. The lowest BCUT2D eigenvalue weighted by atomic mass is 10.2. The zero-order chi connectivity index (χ0) is 12.6. The van der Waals surface area contributed by atoms with Crippen molar-refractivity contribution in [3.8, 4) is 5.69 Å². The van der Waals surface area contributed by atoms with Crippen LogP contribution in [0.5, 0.6) is 0 Å². The van der Waals surface area contributed by atoms with Crippen molar-refractivity contribution in [3.63, 3.8) is 0 Å². The molecule has 90 valence electrons. The topological polar surface area (TPSA) is 52.0 Å². The third-order valence-corrected chi connectivity index (χ3v) is 3.74. The van der Waals surface area contributed by atoms with Crippen molar-refractivity contribution in [1.29, 1.82) is 0 Å². The molecule has 2 rings (SSSR count). The van der Waals surface area contributed by atoms with Crippen molar-refractivity contribution < 1.29 is 8.42 Å². The van der Waals surface area contributed by atoms with Crippen LogP contribution in [0.4, 0.5) is 0 Å². The monoisotopic (exact) mass is 270 g/mol. The molecule has 0 bridgehead atoms. The molecule has 0 unspecified atom stereocenters. The summed E-state index contributed by atoms with van der Waals surface area (Å²) in [4.78, 5) is 3.85. The SMILES string of the molecule is Cc1ccc(-n2ccnc2S(C)(=O)=O)cc1Cl. The van der Waals surface area contributed by atoms with Crippen molar-refractivity contribution in [3.05, 3.63) is 41.2 Å². The van der Waals surface area contributed by atoms with E-state index in [1.807, 2.05) is 13.0 Å². The van der Waals surface area contributed by atoms with Crippen LogP contribution < -0.4 is 0 Å². The number of imidazole rings is 1. The minimum atomic E-state index is -3.35. The number of aromatic nitrogens is 2. The van der Waals surface area contributed by atoms with Crippen LogP contribution >= 0.6 is 11.6 Å². The average Bonchev–Trinajstić information content (AvgIpc) is 2.70. The number of rotatable bonds is 2. The molecule has 0 N–H and O–H groups in total. The minimum Gasteiger partial charge on any atom is -0.291 e. The van der Waals surface area contributed by atoms with Crippen LogP contribution in [0.2, 0.25) is 5.02 Å². The number of hydrogen-bond donors (Lipinski definition) is 0. The van der Waals surface area contributed by atoms with Gasteiger partial charge < -0.3 is 0 Å². The van der Waals surface area contributed by atoms with Gasteiger partial charge in [0.15, 0.2) is 0 Å². The van der Waals surface area contributed by atoms with Crippen LogP contribution in [0, 0.1) is 6.92 Å². The molecule has 0 fully saturated rings. The van der Waals surface area contributed by atoms with Gasteiger partial charge in [-0.1, -0.05) is 17.7 Å². The number of hydrogen-bond acceptors (Lipinski definition) is 3. The second kappa shape index (κ2) is 4.16. The summed E-state index contributed by atoms with van der Waals surface area (Å²) in [5.74, 6) is 0. The zero-order valence-corrected chi connectivity index (χ0v) is 11.0. The Morgan fingerprint density at radius 2 is 2.06 bits per heavy atom. The van der Waals surface area contributed by atoms with Crippen molar-refractivity contribution in [2.75, 3.05) is 6.26 Å². The Labute approximate surface area is 105 Å². The molecule has 1 aromatic heterocycles. The third-order valence-electron chi connectivity index (χ3n) is 2.37. The van der Waals surface area contributed by atoms with Gasteiger partial charge in [0.25, 0.3) is 0 Å². The van der Waals surface area contributed by atoms with Crippen LogP contribution in [0.25, 0.3) is 5.69 Å². The van der Waals surface area contributed by atoms with Gasteiger partial charge in [-0.15, -0.1) is 0 Å². The molecule has 1 heterocycles. The summed E-state index contributed by atoms with van der Waals surface area (Å²) in [6, 6.07) is 5.36. The van der Waals surface area contributed by atoms with E-state index in [0.717, 1.165) is 11.8 Å². The molecule has 17 heavy (non-hydrogen) atoms. The largest absolute Gasteiger partial charge is 0.291 e. The number of sulfone groups is 1. The van der Waals surface area contributed by atoms with E-state index in [2.05, 4.69) is 4.98 Å². The van der Waals surface area contributed by atoms with Gasteiger partial charge in [-0.2, -0.15) is 0 Å². The number of benzene rings is 1. The Bertz CT molecular complexity index is 662. The smallest absolute Gasteiger partial charge is 0.231 e. The lowest BCUT2D eigenvalue weighted by Gasteiger charge is -2.07. The standard InChI is InChI=1S/C11H11ClN2O2S/c1-8-3-4-9(7-10(8)12)14-6-5-13-11(14)17(2,15)16/h3-7H,1-2H3. The highest BCUT2D eigenvalue weighted by Crippen LogP contribution is 2.21. The summed E-state index contributed by atoms with van der Waals surface area (Å²) in [6.07, 6.45) is 4.17. The molecule has 0 saturated heterocycles. The fourth-order valence-corrected chi connectivity index (χ4v) is 2.44. The number of nitrogens with zero attached hydrogens (tertiary/aromatic N) is 2. The second-order valence-electron chi connectivity index (χ2n) is 3.79. The summed E-state index contributed by atoms with van der Waals surface area (Å²) >= 11 is 6.01. The first kappa shape index (κ1) is 12.1. The second-order valence-corrected chi connectivity index (χ2v) is 6.10. The zero-order valence-electron chi connectivity index (χ0n) is 9.38. The summed E-state index contributed by atoms with van der Waals surface area (Å²) in [5.41, 5.74) is 1.62. The molecule has 1 aromatic carbocycles. The van der Waals surface area contributed by atoms with Crippen molar-refractivity contribution in [2.24, 2.45) is 0 Å². The van der Waals surface area contributed by atoms with Crippen molar-refractivity contribution in [1.82, 2.24) is 9.55 Å². The molecule has 2 aromatic rings. The minimum absolute atomic E-state index is 0.0115. The van der Waals surface area contributed by atoms with Gasteiger partial charge >= 0.3 is 0 Å². The quantitative estimate of drug-likeness (QED) is 0.841. The fourth-order valence-electron chi connectivity index (χ4n) is 1.49. The lowest BCUT2D eigenvalue weighted by molar-refractivity contribution is 0.590. The van der Waals surface area contributed by atoms with E-state index < -0.39 is 9.84 Å². The van der Waals surface area contributed by atoms with Gasteiger partial charge in [0.05, 0.1) is 0 Å². The van der Waals surface area contributed by atoms with Crippen molar-refractivity contribution in [2.45, 2.75) is 12.1 Å². The number of halogens is 1. The molecule has 0 atom stereocenters. The van der Waals surface area contributed by atoms with Crippen molar-refractivity contribution >= 4 is 21.4 Å². The Balaban J connectivity index is 2.62. The van der Waals surface area contributed by atoms with Crippen LogP contribution in [0.1, 0.15) is 5.56 Å². The van der Waals surface area contributed by atoms with Crippen LogP contribution in [-0.4, -0.2) is 24.2 Å². The Morgan fingerprint density at radius 1 is 1.35 bits per heavy atom. The van der Waals surface area contributed by atoms with Gasteiger partial charge in [0.1, 0.15) is 0 Å². The first-order valence-corrected chi connectivity index (χ1v) is 7.16. The molecule has 0 amide bonds. The van der Waals surface area contributed by atoms with E-state index in [-0.39, 0.29) is 5.16 Å². The first-order chi connectivity index (χ1) is 7.89. The van der Waals surface area contributed by atoms with E-state index in [9.17, 15) is 8.42 Å². The van der Waals surface area contributed by atoms with E-state index in [1.54, 1.807) is 18.3 Å². The van der Waals surface area contributed by atoms with Crippen LogP contribution in [-0.2, 0) is 9.84 Å². The molecular formula is C11H11ClN2O2S. The van der Waals surface area contributed by atoms with Crippen LogP contribution in [0.15, 0.2) is 35.7 Å². The molecule has 0 radical (unpaired) electrons. The summed E-state index contributed by atoms with van der Waals surface area (Å²) < 4.78 is 24.5. The van der Waals surface area contributed by atoms with E-state index in [1.165, 1.54) is 10.8 Å². The Hall–Kier alpha value is -1.33. The summed E-state index contributed by atoms with van der Waals surface area (Å²) in [6.45, 7) is 1.89. The molecule has 0 aliphatic rings. The Kier molecular flexibility index (Phi) is 2.97. The normalized spacial score (nSPS) is 11.7. The van der Waals surface area contributed by atoms with E-state index >= 15 is 0 Å². The highest BCUT2D eigenvalue weighted by atomic mass is 35.5. The fraction of sp³-hybridized carbons (Fsp3) is 0.182. The van der Waals surface area contributed by atoms with Gasteiger partial charge in [0, 0.05) is 29.4 Å². The predicted molar refractivity (Wildman–Crippen MR) is 66.4 cm³/mol. The lowest BCUT2D eigenvalue weighted by Crippen LogP contribution is -2.07.